The molecule has 0 bridgehead atoms. The summed E-state index contributed by atoms with van der Waals surface area (Å²) in [6.45, 7) is 2.15. The Balaban J connectivity index is 1.72. The third-order valence-corrected chi connectivity index (χ3v) is 5.08. The smallest absolute Gasteiger partial charge is 0.247 e. The number of aromatic amines is 1. The largest absolute Gasteiger partial charge is 0.328 e. The van der Waals surface area contributed by atoms with Gasteiger partial charge in [-0.3, -0.25) is 4.79 Å². The van der Waals surface area contributed by atoms with Gasteiger partial charge in [0.15, 0.2) is 11.6 Å². The summed E-state index contributed by atoms with van der Waals surface area (Å²) >= 11 is 0. The predicted molar refractivity (Wildman–Crippen MR) is 101 cm³/mol. The van der Waals surface area contributed by atoms with Gasteiger partial charge in [0.1, 0.15) is 11.5 Å². The molecule has 1 aliphatic heterocycles. The lowest BCUT2D eigenvalue weighted by Gasteiger charge is -2.28. The Morgan fingerprint density at radius 2 is 1.96 bits per heavy atom. The van der Waals surface area contributed by atoms with Crippen LogP contribution in [0.5, 0.6) is 0 Å². The van der Waals surface area contributed by atoms with Crippen LogP contribution in [0.1, 0.15) is 18.7 Å². The van der Waals surface area contributed by atoms with Crippen LogP contribution in [0, 0.1) is 11.7 Å². The van der Waals surface area contributed by atoms with Gasteiger partial charge in [0.2, 0.25) is 5.56 Å². The Morgan fingerprint density at radius 3 is 2.67 bits per heavy atom. The number of halogens is 1. The van der Waals surface area contributed by atoms with Gasteiger partial charge in [-0.15, -0.1) is 0 Å². The number of piperidine rings is 1. The lowest BCUT2D eigenvalue weighted by atomic mass is 9.94. The van der Waals surface area contributed by atoms with Gasteiger partial charge in [0.05, 0.1) is 0 Å². The van der Waals surface area contributed by atoms with Gasteiger partial charge < -0.3 is 9.88 Å². The zero-order valence-electron chi connectivity index (χ0n) is 15.2. The van der Waals surface area contributed by atoms with E-state index in [-0.39, 0.29) is 11.4 Å². The summed E-state index contributed by atoms with van der Waals surface area (Å²) in [5.74, 6) is 1.40. The predicted octanol–water partition coefficient (Wildman–Crippen LogP) is 2.65. The highest BCUT2D eigenvalue weighted by atomic mass is 19.1. The highest BCUT2D eigenvalue weighted by Gasteiger charge is 2.21. The van der Waals surface area contributed by atoms with Crippen molar-refractivity contribution in [2.24, 2.45) is 5.92 Å². The zero-order chi connectivity index (χ0) is 18.8. The van der Waals surface area contributed by atoms with E-state index >= 15 is 0 Å². The second kappa shape index (κ2) is 7.44. The van der Waals surface area contributed by atoms with Gasteiger partial charge in [-0.05, 0) is 57.1 Å². The van der Waals surface area contributed by atoms with E-state index in [2.05, 4.69) is 22.0 Å². The first-order valence-corrected chi connectivity index (χ1v) is 9.18. The number of H-pyrrole nitrogens is 1. The normalized spacial score (nSPS) is 15.9. The van der Waals surface area contributed by atoms with Crippen LogP contribution in [0.25, 0.3) is 17.1 Å². The number of aromatic nitrogens is 4. The average molecular weight is 367 g/mol. The van der Waals surface area contributed by atoms with Crippen molar-refractivity contribution in [3.63, 3.8) is 0 Å². The van der Waals surface area contributed by atoms with E-state index in [0.29, 0.717) is 28.8 Å². The maximum atomic E-state index is 14.4. The van der Waals surface area contributed by atoms with Crippen molar-refractivity contribution >= 4 is 0 Å². The van der Waals surface area contributed by atoms with Gasteiger partial charge in [0.25, 0.3) is 0 Å². The first kappa shape index (κ1) is 17.6. The topological polar surface area (TPSA) is 66.8 Å². The van der Waals surface area contributed by atoms with Crippen molar-refractivity contribution < 1.29 is 4.39 Å². The minimum Gasteiger partial charge on any atom is -0.328 e. The van der Waals surface area contributed by atoms with Gasteiger partial charge >= 0.3 is 0 Å². The molecule has 0 atom stereocenters. The molecule has 140 valence electrons. The maximum Gasteiger partial charge on any atom is 0.247 e. The third-order valence-electron chi connectivity index (χ3n) is 5.08. The molecule has 7 heteroatoms. The van der Waals surface area contributed by atoms with Crippen molar-refractivity contribution in [3.8, 4) is 17.1 Å². The molecule has 2 aromatic heterocycles. The first-order chi connectivity index (χ1) is 13.1. The number of hydrogen-bond donors (Lipinski definition) is 1. The van der Waals surface area contributed by atoms with E-state index < -0.39 is 0 Å². The van der Waals surface area contributed by atoms with E-state index in [0.717, 1.165) is 32.4 Å². The van der Waals surface area contributed by atoms with Crippen molar-refractivity contribution in [2.75, 3.05) is 20.1 Å². The zero-order valence-corrected chi connectivity index (χ0v) is 15.2. The van der Waals surface area contributed by atoms with Gasteiger partial charge in [-0.1, -0.05) is 12.1 Å². The molecule has 3 aromatic rings. The first-order valence-electron chi connectivity index (χ1n) is 9.18. The average Bonchev–Trinajstić information content (AvgIpc) is 3.08. The van der Waals surface area contributed by atoms with Crippen LogP contribution in [0.15, 0.2) is 47.4 Å². The highest BCUT2D eigenvalue weighted by molar-refractivity contribution is 5.56. The Kier molecular flexibility index (Phi) is 4.85. The number of likely N-dealkylation sites (tertiary alicyclic amines) is 1. The molecule has 27 heavy (non-hydrogen) atoms. The van der Waals surface area contributed by atoms with Crippen LogP contribution in [-0.2, 0) is 6.42 Å². The molecule has 1 aromatic carbocycles. The van der Waals surface area contributed by atoms with Crippen molar-refractivity contribution in [1.82, 2.24) is 24.6 Å². The molecule has 1 fully saturated rings. The van der Waals surface area contributed by atoms with Crippen molar-refractivity contribution in [1.29, 1.82) is 0 Å². The number of nitrogens with zero attached hydrogens (tertiary/aromatic N) is 4. The molecule has 6 nitrogen and oxygen atoms in total. The quantitative estimate of drug-likeness (QED) is 0.770. The lowest BCUT2D eigenvalue weighted by Crippen LogP contribution is -2.31. The minimum absolute atomic E-state index is 0.192. The second-order valence-electron chi connectivity index (χ2n) is 7.11. The standard InChI is InChI=1S/C20H22FN5O/c1-25-10-8-14(9-11-25)12-18-23-20(15-6-7-19(27)22-13-15)26(24-18)17-5-3-2-4-16(17)21/h2-7,13-14H,8-12H2,1H3,(H,22,27). The molecule has 3 heterocycles. The summed E-state index contributed by atoms with van der Waals surface area (Å²) in [4.78, 5) is 21.1. The van der Waals surface area contributed by atoms with Crippen molar-refractivity contribution in [2.45, 2.75) is 19.3 Å². The molecule has 0 aliphatic carbocycles. The Hall–Kier alpha value is -2.80. The van der Waals surface area contributed by atoms with Crippen LogP contribution >= 0.6 is 0 Å². The lowest BCUT2D eigenvalue weighted by molar-refractivity contribution is 0.217. The number of rotatable bonds is 4. The molecule has 0 amide bonds. The molecule has 4 rings (SSSR count). The number of benzene rings is 1. The monoisotopic (exact) mass is 367 g/mol. The summed E-state index contributed by atoms with van der Waals surface area (Å²) in [7, 11) is 2.13. The Morgan fingerprint density at radius 1 is 1.19 bits per heavy atom. The molecule has 0 saturated carbocycles. The molecule has 1 aliphatic rings. The number of hydrogen-bond acceptors (Lipinski definition) is 4. The van der Waals surface area contributed by atoms with Crippen LogP contribution in [0.3, 0.4) is 0 Å². The summed E-state index contributed by atoms with van der Waals surface area (Å²) in [6.07, 6.45) is 4.58. The molecule has 1 N–H and O–H groups in total. The van der Waals surface area contributed by atoms with E-state index in [4.69, 9.17) is 4.98 Å². The van der Waals surface area contributed by atoms with E-state index in [1.165, 1.54) is 16.8 Å². The number of para-hydroxylation sites is 1. The molecule has 0 radical (unpaired) electrons. The van der Waals surface area contributed by atoms with Gasteiger partial charge in [-0.2, -0.15) is 5.10 Å². The van der Waals surface area contributed by atoms with E-state index in [9.17, 15) is 9.18 Å². The Bertz CT molecular complexity index is 968. The van der Waals surface area contributed by atoms with Crippen LogP contribution in [0.4, 0.5) is 4.39 Å². The third kappa shape index (κ3) is 3.83. The summed E-state index contributed by atoms with van der Waals surface area (Å²) in [5, 5.41) is 4.61. The molecule has 0 unspecified atom stereocenters. The fourth-order valence-corrected chi connectivity index (χ4v) is 3.49. The van der Waals surface area contributed by atoms with E-state index in [1.54, 1.807) is 30.5 Å². The molecule has 1 saturated heterocycles. The number of nitrogens with one attached hydrogen (secondary N) is 1. The van der Waals surface area contributed by atoms with Crippen molar-refractivity contribution in [3.05, 3.63) is 64.6 Å². The van der Waals surface area contributed by atoms with Gasteiger partial charge in [-0.25, -0.2) is 14.1 Å². The second-order valence-corrected chi connectivity index (χ2v) is 7.11. The summed E-state index contributed by atoms with van der Waals surface area (Å²) in [5.41, 5.74) is 0.850. The fourth-order valence-electron chi connectivity index (χ4n) is 3.49. The SMILES string of the molecule is CN1CCC(Cc2nc(-c3ccc(=O)[nH]c3)n(-c3ccccc3F)n2)CC1. The molecular weight excluding hydrogens is 345 g/mol. The maximum absolute atomic E-state index is 14.4. The van der Waals surface area contributed by atoms with E-state index in [1.807, 2.05) is 0 Å². The molecular formula is C20H22FN5O. The van der Waals surface area contributed by atoms with Crippen LogP contribution in [0.2, 0.25) is 0 Å². The highest BCUT2D eigenvalue weighted by Crippen LogP contribution is 2.25. The number of pyridine rings is 1. The minimum atomic E-state index is -0.362. The summed E-state index contributed by atoms with van der Waals surface area (Å²) < 4.78 is 15.9. The molecule has 0 spiro atoms. The van der Waals surface area contributed by atoms with Crippen LogP contribution < -0.4 is 5.56 Å². The van der Waals surface area contributed by atoms with Crippen LogP contribution in [-0.4, -0.2) is 44.8 Å². The Labute approximate surface area is 156 Å². The van der Waals surface area contributed by atoms with Gasteiger partial charge in [0, 0.05) is 24.2 Å². The fraction of sp³-hybridized carbons (Fsp3) is 0.350. The summed E-state index contributed by atoms with van der Waals surface area (Å²) in [6, 6.07) is 9.62.